The molecule has 10 nitrogen and oxygen atoms in total. The average molecular weight is 566 g/mol. The summed E-state index contributed by atoms with van der Waals surface area (Å²) in [5, 5.41) is 12.1. The summed E-state index contributed by atoms with van der Waals surface area (Å²) >= 11 is 0. The predicted octanol–water partition coefficient (Wildman–Crippen LogP) is 3.63. The van der Waals surface area contributed by atoms with Crippen LogP contribution < -0.4 is 5.32 Å². The normalized spacial score (nSPS) is 15.9. The highest BCUT2D eigenvalue weighted by atomic mass is 16.6. The number of amides is 2. The molecule has 2 amide bonds. The summed E-state index contributed by atoms with van der Waals surface area (Å²) < 4.78 is 10.8. The molecule has 0 spiro atoms. The second-order valence-electron chi connectivity index (χ2n) is 11.5. The summed E-state index contributed by atoms with van der Waals surface area (Å²) in [5.41, 5.74) is 3.81. The van der Waals surface area contributed by atoms with Gasteiger partial charge >= 0.3 is 18.0 Å². The van der Waals surface area contributed by atoms with Gasteiger partial charge in [0.15, 0.2) is 0 Å². The van der Waals surface area contributed by atoms with E-state index in [-0.39, 0.29) is 43.8 Å². The van der Waals surface area contributed by atoms with Crippen LogP contribution in [-0.4, -0.2) is 89.8 Å². The van der Waals surface area contributed by atoms with Crippen LogP contribution in [-0.2, 0) is 23.9 Å². The molecule has 0 radical (unpaired) electrons. The molecule has 1 fully saturated rings. The number of fused-ring (bicyclic) bond motifs is 3. The number of piperazine rings is 1. The Labute approximate surface area is 240 Å². The molecule has 0 aromatic heterocycles. The molecule has 2 aromatic carbocycles. The summed E-state index contributed by atoms with van der Waals surface area (Å²) in [4.78, 5) is 52.8. The minimum Gasteiger partial charge on any atom is -0.480 e. The molecule has 0 unspecified atom stereocenters. The van der Waals surface area contributed by atoms with Crippen LogP contribution in [0.4, 0.5) is 4.79 Å². The minimum absolute atomic E-state index is 0.0767. The van der Waals surface area contributed by atoms with Gasteiger partial charge in [0.05, 0.1) is 6.54 Å². The van der Waals surface area contributed by atoms with Crippen molar-refractivity contribution in [1.29, 1.82) is 0 Å². The average Bonchev–Trinajstić information content (AvgIpc) is 3.24. The predicted molar refractivity (Wildman–Crippen MR) is 152 cm³/mol. The summed E-state index contributed by atoms with van der Waals surface area (Å²) in [6.07, 6.45) is -0.226. The summed E-state index contributed by atoms with van der Waals surface area (Å²) in [5.74, 6) is -1.67. The van der Waals surface area contributed by atoms with Gasteiger partial charge in [-0.3, -0.25) is 14.5 Å². The Morgan fingerprint density at radius 3 is 2.10 bits per heavy atom. The van der Waals surface area contributed by atoms with Crippen molar-refractivity contribution in [3.8, 4) is 11.1 Å². The first-order chi connectivity index (χ1) is 19.5. The van der Waals surface area contributed by atoms with Crippen LogP contribution >= 0.6 is 0 Å². The van der Waals surface area contributed by atoms with Crippen LogP contribution in [0.3, 0.4) is 0 Å². The van der Waals surface area contributed by atoms with Crippen molar-refractivity contribution in [2.75, 3.05) is 39.3 Å². The van der Waals surface area contributed by atoms with E-state index in [0.29, 0.717) is 32.6 Å². The van der Waals surface area contributed by atoms with E-state index in [0.717, 1.165) is 22.3 Å². The van der Waals surface area contributed by atoms with E-state index in [1.807, 2.05) is 74.2 Å². The second-order valence-corrected chi connectivity index (χ2v) is 11.5. The lowest BCUT2D eigenvalue weighted by Gasteiger charge is -2.34. The zero-order valence-electron chi connectivity index (χ0n) is 23.9. The van der Waals surface area contributed by atoms with E-state index in [2.05, 4.69) is 5.32 Å². The number of nitrogens with zero attached hydrogens (tertiary/aromatic N) is 2. The van der Waals surface area contributed by atoms with Crippen LogP contribution in [0, 0.1) is 0 Å². The number of carbonyl (C=O) groups excluding carboxylic acids is 3. The first-order valence-corrected chi connectivity index (χ1v) is 14.1. The van der Waals surface area contributed by atoms with E-state index >= 15 is 0 Å². The van der Waals surface area contributed by atoms with Gasteiger partial charge in [0.25, 0.3) is 0 Å². The maximum Gasteiger partial charge on any atom is 0.407 e. The van der Waals surface area contributed by atoms with Crippen molar-refractivity contribution in [2.24, 2.45) is 0 Å². The molecular weight excluding hydrogens is 526 g/mol. The van der Waals surface area contributed by atoms with Crippen LogP contribution in [0.15, 0.2) is 48.5 Å². The molecule has 4 rings (SSSR count). The highest BCUT2D eigenvalue weighted by Crippen LogP contribution is 2.44. The van der Waals surface area contributed by atoms with Gasteiger partial charge in [-0.15, -0.1) is 0 Å². The van der Waals surface area contributed by atoms with E-state index < -0.39 is 23.7 Å². The van der Waals surface area contributed by atoms with Crippen LogP contribution in [0.25, 0.3) is 11.1 Å². The fourth-order valence-electron chi connectivity index (χ4n) is 5.37. The van der Waals surface area contributed by atoms with Crippen molar-refractivity contribution >= 4 is 23.9 Å². The Kier molecular flexibility index (Phi) is 9.65. The fourth-order valence-corrected chi connectivity index (χ4v) is 5.37. The van der Waals surface area contributed by atoms with Crippen LogP contribution in [0.1, 0.15) is 57.1 Å². The number of carboxylic acids is 1. The lowest BCUT2D eigenvalue weighted by molar-refractivity contribution is -0.156. The van der Waals surface area contributed by atoms with Gasteiger partial charge in [0.2, 0.25) is 5.91 Å². The fraction of sp³-hybridized carbons (Fsp3) is 0.484. The summed E-state index contributed by atoms with van der Waals surface area (Å²) in [7, 11) is 0. The molecule has 0 saturated carbocycles. The zero-order valence-corrected chi connectivity index (χ0v) is 23.9. The molecule has 2 aromatic rings. The van der Waals surface area contributed by atoms with Gasteiger partial charge in [-0.1, -0.05) is 48.5 Å². The second kappa shape index (κ2) is 13.2. The summed E-state index contributed by atoms with van der Waals surface area (Å²) in [6, 6.07) is 14.8. The third-order valence-electron chi connectivity index (χ3n) is 7.32. The van der Waals surface area contributed by atoms with Gasteiger partial charge in [0.1, 0.15) is 18.2 Å². The maximum absolute atomic E-state index is 12.7. The monoisotopic (exact) mass is 565 g/mol. The molecule has 1 aliphatic heterocycles. The van der Waals surface area contributed by atoms with E-state index in [4.69, 9.17) is 9.47 Å². The summed E-state index contributed by atoms with van der Waals surface area (Å²) in [6.45, 7) is 7.84. The quantitative estimate of drug-likeness (QED) is 0.419. The number of aliphatic carboxylic acids is 1. The molecule has 0 bridgehead atoms. The molecule has 1 saturated heterocycles. The number of carboxylic acid groups (broad SMARTS) is 1. The number of carbonyl (C=O) groups is 4. The van der Waals surface area contributed by atoms with Crippen molar-refractivity contribution in [1.82, 2.24) is 15.1 Å². The molecule has 220 valence electrons. The number of hydrogen-bond donors (Lipinski definition) is 2. The molecule has 1 aliphatic carbocycles. The largest absolute Gasteiger partial charge is 0.480 e. The molecule has 1 heterocycles. The van der Waals surface area contributed by atoms with Crippen molar-refractivity contribution in [2.45, 2.75) is 57.6 Å². The van der Waals surface area contributed by atoms with Crippen LogP contribution in [0.2, 0.25) is 0 Å². The van der Waals surface area contributed by atoms with Gasteiger partial charge in [-0.05, 0) is 55.9 Å². The first-order valence-electron chi connectivity index (χ1n) is 14.1. The highest BCUT2D eigenvalue weighted by Gasteiger charge is 2.30. The first kappa shape index (κ1) is 30.0. The number of alkyl carbamates (subject to hydrolysis) is 1. The zero-order chi connectivity index (χ0) is 29.6. The number of rotatable bonds is 10. The Hall–Kier alpha value is -3.92. The lowest BCUT2D eigenvalue weighted by Crippen LogP contribution is -2.50. The third-order valence-corrected chi connectivity index (χ3v) is 7.32. The Morgan fingerprint density at radius 2 is 1.54 bits per heavy atom. The Morgan fingerprint density at radius 1 is 0.951 bits per heavy atom. The van der Waals surface area contributed by atoms with Gasteiger partial charge in [-0.25, -0.2) is 9.59 Å². The Balaban J connectivity index is 1.19. The van der Waals surface area contributed by atoms with E-state index in [9.17, 15) is 24.3 Å². The maximum atomic E-state index is 12.7. The number of esters is 1. The van der Waals surface area contributed by atoms with Gasteiger partial charge in [0, 0.05) is 38.5 Å². The van der Waals surface area contributed by atoms with Crippen LogP contribution in [0.5, 0.6) is 0 Å². The van der Waals surface area contributed by atoms with Crippen molar-refractivity contribution in [3.05, 3.63) is 59.7 Å². The number of benzene rings is 2. The highest BCUT2D eigenvalue weighted by molar-refractivity contribution is 5.81. The van der Waals surface area contributed by atoms with Crippen molar-refractivity contribution < 1.29 is 33.8 Å². The van der Waals surface area contributed by atoms with Gasteiger partial charge in [-0.2, -0.15) is 0 Å². The van der Waals surface area contributed by atoms with Gasteiger partial charge < -0.3 is 24.8 Å². The smallest absolute Gasteiger partial charge is 0.407 e. The minimum atomic E-state index is -1.18. The van der Waals surface area contributed by atoms with Crippen molar-refractivity contribution in [3.63, 3.8) is 0 Å². The molecule has 2 N–H and O–H groups in total. The van der Waals surface area contributed by atoms with E-state index in [1.165, 1.54) is 0 Å². The number of nitrogens with one attached hydrogen (secondary N) is 1. The topological polar surface area (TPSA) is 125 Å². The van der Waals surface area contributed by atoms with E-state index in [1.54, 1.807) is 4.90 Å². The SMILES string of the molecule is CC(C)(C)OC(=O)CN1CCN(C(=O)CCC[C@H](NC(=O)OCC2c3ccccc3-c3ccccc32)C(=O)O)CC1. The Bertz CT molecular complexity index is 1220. The molecule has 10 heteroatoms. The molecule has 2 aliphatic rings. The number of ether oxygens (including phenoxy) is 2. The third kappa shape index (κ3) is 8.07. The molecule has 1 atom stereocenters. The lowest BCUT2D eigenvalue weighted by atomic mass is 9.98. The standard InChI is InChI=1S/C31H39N3O7/c1-31(2,3)41-28(36)19-33-15-17-34(18-16-33)27(35)14-8-13-26(29(37)38)32-30(39)40-20-25-23-11-6-4-9-21(23)22-10-5-7-12-24(22)25/h4-7,9-12,25-26H,8,13-20H2,1-3H3,(H,32,39)(H,37,38)/t26-/m0/s1. The molecule has 41 heavy (non-hydrogen) atoms. The number of hydrogen-bond acceptors (Lipinski definition) is 7. The molecular formula is C31H39N3O7.